The first-order valence-electron chi connectivity index (χ1n) is 7.23. The van der Waals surface area contributed by atoms with Crippen LogP contribution in [-0.4, -0.2) is 22.3 Å². The van der Waals surface area contributed by atoms with Crippen LogP contribution < -0.4 is 5.32 Å². The van der Waals surface area contributed by atoms with Gasteiger partial charge in [-0.05, 0) is 51.4 Å². The fourth-order valence-electron chi connectivity index (χ4n) is 1.94. The molecule has 0 amide bonds. The highest BCUT2D eigenvalue weighted by Crippen LogP contribution is 2.16. The van der Waals surface area contributed by atoms with E-state index in [0.29, 0.717) is 0 Å². The van der Waals surface area contributed by atoms with E-state index in [2.05, 4.69) is 36.3 Å². The Morgan fingerprint density at radius 2 is 1.76 bits per heavy atom. The summed E-state index contributed by atoms with van der Waals surface area (Å²) < 4.78 is 12.9. The first kappa shape index (κ1) is 16.0. The van der Waals surface area contributed by atoms with E-state index >= 15 is 0 Å². The molecule has 0 atom stereocenters. The van der Waals surface area contributed by atoms with Gasteiger partial charge in [-0.25, -0.2) is 4.39 Å². The summed E-state index contributed by atoms with van der Waals surface area (Å²) in [5, 5.41) is 14.0. The number of aromatic nitrogens is 2. The van der Waals surface area contributed by atoms with E-state index < -0.39 is 0 Å². The first-order chi connectivity index (χ1) is 9.92. The number of hydrogen-bond acceptors (Lipinski definition) is 4. The van der Waals surface area contributed by atoms with Crippen LogP contribution in [0.1, 0.15) is 42.8 Å². The van der Waals surface area contributed by atoms with Gasteiger partial charge >= 0.3 is 0 Å². The Morgan fingerprint density at radius 3 is 2.43 bits per heavy atom. The predicted octanol–water partition coefficient (Wildman–Crippen LogP) is 3.59. The van der Waals surface area contributed by atoms with E-state index in [1.807, 2.05) is 0 Å². The van der Waals surface area contributed by atoms with Crippen LogP contribution in [0.25, 0.3) is 0 Å². The zero-order valence-electron chi connectivity index (χ0n) is 12.8. The highest BCUT2D eigenvalue weighted by molar-refractivity contribution is 7.11. The summed E-state index contributed by atoms with van der Waals surface area (Å²) in [5.74, 6) is -0.206. The Hall–Kier alpha value is -1.33. The van der Waals surface area contributed by atoms with Crippen molar-refractivity contribution < 1.29 is 4.39 Å². The topological polar surface area (TPSA) is 37.8 Å². The van der Waals surface area contributed by atoms with E-state index in [1.165, 1.54) is 12.1 Å². The van der Waals surface area contributed by atoms with Crippen molar-refractivity contribution in [1.82, 2.24) is 15.5 Å². The second-order valence-corrected chi connectivity index (χ2v) is 7.32. The third-order valence-electron chi connectivity index (χ3n) is 3.00. The Bertz CT molecular complexity index is 558. The summed E-state index contributed by atoms with van der Waals surface area (Å²) in [4.78, 5) is 0. The third-order valence-corrected chi connectivity index (χ3v) is 3.98. The molecule has 0 spiro atoms. The molecule has 0 bridgehead atoms. The van der Waals surface area contributed by atoms with Crippen LogP contribution in [-0.2, 0) is 12.8 Å². The molecule has 2 rings (SSSR count). The van der Waals surface area contributed by atoms with Crippen molar-refractivity contribution in [1.29, 1.82) is 0 Å². The summed E-state index contributed by atoms with van der Waals surface area (Å²) in [6.45, 7) is 7.48. The smallest absolute Gasteiger partial charge is 0.123 e. The number of nitrogens with one attached hydrogen (secondary N) is 1. The molecule has 3 nitrogen and oxygen atoms in total. The molecule has 0 radical (unpaired) electrons. The summed E-state index contributed by atoms with van der Waals surface area (Å²) >= 11 is 1.65. The number of benzene rings is 1. The van der Waals surface area contributed by atoms with Crippen LogP contribution in [0, 0.1) is 5.82 Å². The monoisotopic (exact) mass is 307 g/mol. The van der Waals surface area contributed by atoms with Gasteiger partial charge in [-0.2, -0.15) is 0 Å². The molecule has 1 aromatic heterocycles. The number of hydrogen-bond donors (Lipinski definition) is 1. The fourth-order valence-corrected chi connectivity index (χ4v) is 2.86. The van der Waals surface area contributed by atoms with Crippen LogP contribution in [0.3, 0.4) is 0 Å². The fraction of sp³-hybridized carbons (Fsp3) is 0.500. The van der Waals surface area contributed by atoms with Crippen LogP contribution in [0.5, 0.6) is 0 Å². The first-order valence-corrected chi connectivity index (χ1v) is 8.05. The molecule has 2 aromatic rings. The highest BCUT2D eigenvalue weighted by Gasteiger charge is 2.09. The standard InChI is InChI=1S/C16H22FN3S/c1-16(2,3)18-10-4-5-14-19-20-15(21-14)11-12-6-8-13(17)9-7-12/h6-9,18H,4-5,10-11H2,1-3H3. The molecule has 0 aliphatic heterocycles. The minimum absolute atomic E-state index is 0.162. The van der Waals surface area contributed by atoms with Crippen molar-refractivity contribution in [3.05, 3.63) is 45.7 Å². The van der Waals surface area contributed by atoms with Crippen molar-refractivity contribution >= 4 is 11.3 Å². The normalized spacial score (nSPS) is 11.8. The molecule has 0 aliphatic carbocycles. The Balaban J connectivity index is 1.80. The van der Waals surface area contributed by atoms with Crippen molar-refractivity contribution in [2.45, 2.75) is 45.6 Å². The molecule has 114 valence electrons. The van der Waals surface area contributed by atoms with Crippen molar-refractivity contribution in [2.75, 3.05) is 6.54 Å². The summed E-state index contributed by atoms with van der Waals surface area (Å²) in [5.41, 5.74) is 1.23. The van der Waals surface area contributed by atoms with Gasteiger partial charge < -0.3 is 5.32 Å². The Morgan fingerprint density at radius 1 is 1.10 bits per heavy atom. The van der Waals surface area contributed by atoms with E-state index in [0.717, 1.165) is 41.4 Å². The maximum atomic E-state index is 12.9. The third kappa shape index (κ3) is 5.89. The molecule has 0 saturated carbocycles. The largest absolute Gasteiger partial charge is 0.312 e. The summed E-state index contributed by atoms with van der Waals surface area (Å²) in [6, 6.07) is 6.55. The zero-order valence-corrected chi connectivity index (χ0v) is 13.6. The minimum Gasteiger partial charge on any atom is -0.312 e. The molecule has 1 heterocycles. The number of rotatable bonds is 6. The quantitative estimate of drug-likeness (QED) is 0.829. The van der Waals surface area contributed by atoms with Crippen LogP contribution >= 0.6 is 11.3 Å². The van der Waals surface area contributed by atoms with Gasteiger partial charge in [-0.15, -0.1) is 21.5 Å². The average Bonchev–Trinajstić information content (AvgIpc) is 2.84. The van der Waals surface area contributed by atoms with Gasteiger partial charge in [0.15, 0.2) is 0 Å². The van der Waals surface area contributed by atoms with Crippen LogP contribution in [0.15, 0.2) is 24.3 Å². The van der Waals surface area contributed by atoms with Gasteiger partial charge in [0.25, 0.3) is 0 Å². The van der Waals surface area contributed by atoms with Crippen LogP contribution in [0.4, 0.5) is 4.39 Å². The summed E-state index contributed by atoms with van der Waals surface area (Å²) in [6.07, 6.45) is 2.73. The SMILES string of the molecule is CC(C)(C)NCCCc1nnc(Cc2ccc(F)cc2)s1. The molecule has 1 aromatic carbocycles. The number of halogens is 1. The van der Waals surface area contributed by atoms with E-state index in [-0.39, 0.29) is 11.4 Å². The second kappa shape index (κ2) is 7.09. The van der Waals surface area contributed by atoms with Gasteiger partial charge in [-0.3, -0.25) is 0 Å². The summed E-state index contributed by atoms with van der Waals surface area (Å²) in [7, 11) is 0. The molecule has 5 heteroatoms. The van der Waals surface area contributed by atoms with Gasteiger partial charge in [-0.1, -0.05) is 12.1 Å². The molecular weight excluding hydrogens is 285 g/mol. The lowest BCUT2D eigenvalue weighted by atomic mass is 10.1. The minimum atomic E-state index is -0.206. The zero-order chi connectivity index (χ0) is 15.3. The maximum Gasteiger partial charge on any atom is 0.123 e. The van der Waals surface area contributed by atoms with Gasteiger partial charge in [0.05, 0.1) is 0 Å². The number of aryl methyl sites for hydroxylation is 1. The van der Waals surface area contributed by atoms with E-state index in [9.17, 15) is 4.39 Å². The lowest BCUT2D eigenvalue weighted by Gasteiger charge is -2.20. The van der Waals surface area contributed by atoms with Crippen molar-refractivity contribution in [3.63, 3.8) is 0 Å². The Labute approximate surface area is 129 Å². The van der Waals surface area contributed by atoms with E-state index in [1.54, 1.807) is 23.5 Å². The van der Waals surface area contributed by atoms with Gasteiger partial charge in [0, 0.05) is 18.4 Å². The van der Waals surface area contributed by atoms with E-state index in [4.69, 9.17) is 0 Å². The van der Waals surface area contributed by atoms with Gasteiger partial charge in [0.2, 0.25) is 0 Å². The Kier molecular flexibility index (Phi) is 5.42. The lowest BCUT2D eigenvalue weighted by molar-refractivity contribution is 0.422. The van der Waals surface area contributed by atoms with Crippen LogP contribution in [0.2, 0.25) is 0 Å². The maximum absolute atomic E-state index is 12.9. The number of nitrogens with zero attached hydrogens (tertiary/aromatic N) is 2. The van der Waals surface area contributed by atoms with Crippen molar-refractivity contribution in [2.24, 2.45) is 0 Å². The van der Waals surface area contributed by atoms with Gasteiger partial charge in [0.1, 0.15) is 15.8 Å². The highest BCUT2D eigenvalue weighted by atomic mass is 32.1. The lowest BCUT2D eigenvalue weighted by Crippen LogP contribution is -2.36. The average molecular weight is 307 g/mol. The molecule has 0 saturated heterocycles. The molecule has 21 heavy (non-hydrogen) atoms. The molecular formula is C16H22FN3S. The van der Waals surface area contributed by atoms with Crippen molar-refractivity contribution in [3.8, 4) is 0 Å². The molecule has 0 fully saturated rings. The predicted molar refractivity (Wildman–Crippen MR) is 85.2 cm³/mol. The molecule has 1 N–H and O–H groups in total. The molecule has 0 unspecified atom stereocenters. The molecule has 0 aliphatic rings. The second-order valence-electron chi connectivity index (χ2n) is 6.17.